The largest absolute Gasteiger partial charge is 0.338 e. The van der Waals surface area contributed by atoms with Gasteiger partial charge in [0.2, 0.25) is 17.6 Å². The third-order valence-electron chi connectivity index (χ3n) is 6.38. The second-order valence-electron chi connectivity index (χ2n) is 8.35. The topological polar surface area (TPSA) is 101 Å². The number of hydrogen-bond acceptors (Lipinski definition) is 6. The average Bonchev–Trinajstić information content (AvgIpc) is 3.48. The number of fused-ring (bicyclic) bond motifs is 1. The summed E-state index contributed by atoms with van der Waals surface area (Å²) in [7, 11) is 0. The monoisotopic (exact) mass is 417 g/mol. The molecule has 2 fully saturated rings. The summed E-state index contributed by atoms with van der Waals surface area (Å²) >= 11 is 0. The smallest absolute Gasteiger partial charge is 0.253 e. The molecule has 2 aliphatic rings. The van der Waals surface area contributed by atoms with Crippen LogP contribution in [0, 0.1) is 5.92 Å². The van der Waals surface area contributed by atoms with E-state index >= 15 is 0 Å². The molecule has 0 radical (unpaired) electrons. The summed E-state index contributed by atoms with van der Waals surface area (Å²) in [6, 6.07) is 10.7. The molecular weight excluding hydrogens is 394 g/mol. The maximum atomic E-state index is 13.2. The maximum Gasteiger partial charge on any atom is 0.253 e. The number of amides is 2. The minimum Gasteiger partial charge on any atom is -0.338 e. The van der Waals surface area contributed by atoms with Crippen LogP contribution in [0.2, 0.25) is 0 Å². The number of anilines is 1. The van der Waals surface area contributed by atoms with E-state index in [1.54, 1.807) is 36.7 Å². The summed E-state index contributed by atoms with van der Waals surface area (Å²) in [5.74, 6) is 1.29. The predicted molar refractivity (Wildman–Crippen MR) is 113 cm³/mol. The molecule has 3 aromatic rings. The molecule has 1 N–H and O–H groups in total. The highest BCUT2D eigenvalue weighted by Gasteiger charge is 2.55. The molecule has 2 amide bonds. The van der Waals surface area contributed by atoms with E-state index in [4.69, 9.17) is 9.51 Å². The SMILES string of the molecule is CC(=O)Nc1ccc(C(=O)N2C[C@H]3CCC[C@@]3(c3nc(-c4cccnc4)no3)C2)cc1. The van der Waals surface area contributed by atoms with Gasteiger partial charge in [-0.2, -0.15) is 4.98 Å². The van der Waals surface area contributed by atoms with Gasteiger partial charge >= 0.3 is 0 Å². The molecule has 1 saturated carbocycles. The summed E-state index contributed by atoms with van der Waals surface area (Å²) < 4.78 is 5.73. The van der Waals surface area contributed by atoms with Crippen LogP contribution in [0.4, 0.5) is 5.69 Å². The molecule has 1 saturated heterocycles. The third kappa shape index (κ3) is 3.48. The summed E-state index contributed by atoms with van der Waals surface area (Å²) in [6.07, 6.45) is 6.48. The van der Waals surface area contributed by atoms with Gasteiger partial charge in [-0.25, -0.2) is 0 Å². The molecule has 0 unspecified atom stereocenters. The van der Waals surface area contributed by atoms with Gasteiger partial charge in [-0.15, -0.1) is 0 Å². The van der Waals surface area contributed by atoms with Gasteiger partial charge in [0.15, 0.2) is 0 Å². The molecule has 0 spiro atoms. The van der Waals surface area contributed by atoms with Crippen LogP contribution in [0.25, 0.3) is 11.4 Å². The zero-order chi connectivity index (χ0) is 21.4. The fourth-order valence-electron chi connectivity index (χ4n) is 4.91. The molecule has 1 aliphatic carbocycles. The summed E-state index contributed by atoms with van der Waals surface area (Å²) in [4.78, 5) is 35.1. The van der Waals surface area contributed by atoms with Crippen molar-refractivity contribution in [1.29, 1.82) is 0 Å². The van der Waals surface area contributed by atoms with E-state index in [-0.39, 0.29) is 17.2 Å². The van der Waals surface area contributed by atoms with Crippen molar-refractivity contribution in [2.45, 2.75) is 31.6 Å². The number of aromatic nitrogens is 3. The Hall–Kier alpha value is -3.55. The van der Waals surface area contributed by atoms with Crippen LogP contribution in [0.5, 0.6) is 0 Å². The highest BCUT2D eigenvalue weighted by Crippen LogP contribution is 2.50. The van der Waals surface area contributed by atoms with Gasteiger partial charge in [0.25, 0.3) is 5.91 Å². The van der Waals surface area contributed by atoms with Gasteiger partial charge in [0, 0.05) is 49.2 Å². The second-order valence-corrected chi connectivity index (χ2v) is 8.35. The average molecular weight is 417 g/mol. The lowest BCUT2D eigenvalue weighted by atomic mass is 9.80. The molecule has 2 aromatic heterocycles. The number of likely N-dealkylation sites (tertiary alicyclic amines) is 1. The van der Waals surface area contributed by atoms with E-state index < -0.39 is 0 Å². The van der Waals surface area contributed by atoms with Gasteiger partial charge in [0.05, 0.1) is 5.41 Å². The number of carbonyl (C=O) groups excluding carboxylic acids is 2. The highest BCUT2D eigenvalue weighted by molar-refractivity contribution is 5.95. The zero-order valence-electron chi connectivity index (χ0n) is 17.2. The van der Waals surface area contributed by atoms with Gasteiger partial charge in [-0.05, 0) is 55.2 Å². The Morgan fingerprint density at radius 3 is 2.81 bits per heavy atom. The number of rotatable bonds is 4. The number of pyridine rings is 1. The molecule has 158 valence electrons. The number of nitrogens with zero attached hydrogens (tertiary/aromatic N) is 4. The first-order valence-electron chi connectivity index (χ1n) is 10.5. The van der Waals surface area contributed by atoms with E-state index in [1.807, 2.05) is 17.0 Å². The lowest BCUT2D eigenvalue weighted by molar-refractivity contribution is -0.114. The lowest BCUT2D eigenvalue weighted by Gasteiger charge is -2.24. The molecule has 8 heteroatoms. The van der Waals surface area contributed by atoms with E-state index in [2.05, 4.69) is 15.5 Å². The Morgan fingerprint density at radius 1 is 1.23 bits per heavy atom. The first-order valence-corrected chi connectivity index (χ1v) is 10.5. The van der Waals surface area contributed by atoms with Crippen LogP contribution in [-0.2, 0) is 10.2 Å². The molecule has 5 rings (SSSR count). The molecule has 8 nitrogen and oxygen atoms in total. The molecule has 1 aromatic carbocycles. The van der Waals surface area contributed by atoms with Crippen LogP contribution in [0.3, 0.4) is 0 Å². The fraction of sp³-hybridized carbons (Fsp3) is 0.348. The normalized spacial score (nSPS) is 22.4. The van der Waals surface area contributed by atoms with Crippen LogP contribution in [0.1, 0.15) is 42.4 Å². The minimum absolute atomic E-state index is 0.0184. The summed E-state index contributed by atoms with van der Waals surface area (Å²) in [5.41, 5.74) is 1.80. The highest BCUT2D eigenvalue weighted by atomic mass is 16.5. The predicted octanol–water partition coefficient (Wildman–Crippen LogP) is 3.28. The lowest BCUT2D eigenvalue weighted by Crippen LogP contribution is -2.34. The molecular formula is C23H23N5O3. The quantitative estimate of drug-likeness (QED) is 0.699. The van der Waals surface area contributed by atoms with Crippen molar-refractivity contribution in [3.05, 3.63) is 60.2 Å². The Morgan fingerprint density at radius 2 is 2.06 bits per heavy atom. The second kappa shape index (κ2) is 7.61. The molecule has 31 heavy (non-hydrogen) atoms. The molecule has 2 atom stereocenters. The standard InChI is InChI=1S/C23H23N5O3/c1-15(29)25-19-8-6-16(7-9-19)21(30)28-13-18-5-2-10-23(18,14-28)22-26-20(27-31-22)17-4-3-11-24-12-17/h3-4,6-9,11-12,18H,2,5,10,13-14H2,1H3,(H,25,29)/t18-,23-/m1/s1. The Balaban J connectivity index is 1.37. The summed E-state index contributed by atoms with van der Waals surface area (Å²) in [5, 5.41) is 6.90. The Labute approximate surface area is 179 Å². The van der Waals surface area contributed by atoms with Gasteiger partial charge in [0.1, 0.15) is 0 Å². The first-order chi connectivity index (χ1) is 15.0. The maximum absolute atomic E-state index is 13.2. The van der Waals surface area contributed by atoms with Gasteiger partial charge in [-0.3, -0.25) is 14.6 Å². The van der Waals surface area contributed by atoms with Crippen LogP contribution >= 0.6 is 0 Å². The number of carbonyl (C=O) groups is 2. The number of benzene rings is 1. The van der Waals surface area contributed by atoms with E-state index in [9.17, 15) is 9.59 Å². The van der Waals surface area contributed by atoms with Crippen molar-refractivity contribution in [2.75, 3.05) is 18.4 Å². The van der Waals surface area contributed by atoms with Crippen LogP contribution in [-0.4, -0.2) is 44.9 Å². The fourth-order valence-corrected chi connectivity index (χ4v) is 4.91. The van der Waals surface area contributed by atoms with E-state index in [0.717, 1.165) is 24.8 Å². The van der Waals surface area contributed by atoms with Crippen molar-refractivity contribution in [1.82, 2.24) is 20.0 Å². The summed E-state index contributed by atoms with van der Waals surface area (Å²) in [6.45, 7) is 2.70. The van der Waals surface area contributed by atoms with Crippen molar-refractivity contribution in [2.24, 2.45) is 5.92 Å². The zero-order valence-corrected chi connectivity index (χ0v) is 17.2. The van der Waals surface area contributed by atoms with E-state index in [0.29, 0.717) is 42.0 Å². The first kappa shape index (κ1) is 19.4. The number of hydrogen-bond donors (Lipinski definition) is 1. The van der Waals surface area contributed by atoms with Crippen molar-refractivity contribution < 1.29 is 14.1 Å². The van der Waals surface area contributed by atoms with E-state index in [1.165, 1.54) is 6.92 Å². The molecule has 0 bridgehead atoms. The molecule has 3 heterocycles. The third-order valence-corrected chi connectivity index (χ3v) is 6.38. The van der Waals surface area contributed by atoms with Crippen molar-refractivity contribution in [3.8, 4) is 11.4 Å². The van der Waals surface area contributed by atoms with Gasteiger partial charge < -0.3 is 14.7 Å². The minimum atomic E-state index is -0.292. The Kier molecular flexibility index (Phi) is 4.77. The van der Waals surface area contributed by atoms with Crippen LogP contribution in [0.15, 0.2) is 53.3 Å². The van der Waals surface area contributed by atoms with Crippen LogP contribution < -0.4 is 5.32 Å². The number of nitrogens with one attached hydrogen (secondary N) is 1. The Bertz CT molecular complexity index is 1110. The van der Waals surface area contributed by atoms with Gasteiger partial charge in [-0.1, -0.05) is 11.6 Å². The molecule has 1 aliphatic heterocycles. The van der Waals surface area contributed by atoms with Crippen molar-refractivity contribution >= 4 is 17.5 Å². The van der Waals surface area contributed by atoms with Crippen molar-refractivity contribution in [3.63, 3.8) is 0 Å².